The maximum atomic E-state index is 13.5. The number of thiophene rings is 1. The van der Waals surface area contributed by atoms with Crippen LogP contribution < -0.4 is 0 Å². The summed E-state index contributed by atoms with van der Waals surface area (Å²) in [4.78, 5) is 43.0. The first-order chi connectivity index (χ1) is 16.3. The normalized spacial score (nSPS) is 11.6. The number of aryl methyl sites for hydroxylation is 1. The van der Waals surface area contributed by atoms with Gasteiger partial charge in [-0.25, -0.2) is 0 Å². The van der Waals surface area contributed by atoms with Crippen molar-refractivity contribution in [2.24, 2.45) is 0 Å². The van der Waals surface area contributed by atoms with Crippen LogP contribution in [0.25, 0.3) is 0 Å². The first-order valence-electron chi connectivity index (χ1n) is 11.2. The van der Waals surface area contributed by atoms with Gasteiger partial charge in [-0.2, -0.15) is 0 Å². The molecule has 34 heavy (non-hydrogen) atoms. The number of benzene rings is 2. The molecule has 7 nitrogen and oxygen atoms in total. The molecule has 1 heterocycles. The molecule has 0 N–H and O–H groups in total. The van der Waals surface area contributed by atoms with E-state index in [2.05, 4.69) is 0 Å². The average molecular weight is 480 g/mol. The van der Waals surface area contributed by atoms with Gasteiger partial charge in [0.05, 0.1) is 11.5 Å². The molecule has 0 aliphatic carbocycles. The number of amides is 2. The van der Waals surface area contributed by atoms with Gasteiger partial charge in [0.15, 0.2) is 0 Å². The lowest BCUT2D eigenvalue weighted by molar-refractivity contribution is -0.384. The highest BCUT2D eigenvalue weighted by Crippen LogP contribution is 2.21. The van der Waals surface area contributed by atoms with Gasteiger partial charge in [0.2, 0.25) is 5.91 Å². The second-order valence-electron chi connectivity index (χ2n) is 8.25. The van der Waals surface area contributed by atoms with Gasteiger partial charge >= 0.3 is 0 Å². The fourth-order valence-corrected chi connectivity index (χ4v) is 4.51. The summed E-state index contributed by atoms with van der Waals surface area (Å²) in [6.07, 6.45) is 0.650. The van der Waals surface area contributed by atoms with E-state index < -0.39 is 10.8 Å². The molecule has 3 rings (SSSR count). The van der Waals surface area contributed by atoms with Crippen LogP contribution in [0.4, 0.5) is 5.69 Å². The highest BCUT2D eigenvalue weighted by atomic mass is 32.1. The molecule has 1 aromatic heterocycles. The van der Waals surface area contributed by atoms with Crippen LogP contribution in [0.15, 0.2) is 66.7 Å². The zero-order valence-corrected chi connectivity index (χ0v) is 20.5. The van der Waals surface area contributed by atoms with Gasteiger partial charge in [0, 0.05) is 40.0 Å². The van der Waals surface area contributed by atoms with Crippen LogP contribution in [0.3, 0.4) is 0 Å². The summed E-state index contributed by atoms with van der Waals surface area (Å²) in [5, 5.41) is 11.2. The van der Waals surface area contributed by atoms with E-state index in [9.17, 15) is 19.7 Å². The summed E-state index contributed by atoms with van der Waals surface area (Å²) >= 11 is 1.64. The Morgan fingerprint density at radius 2 is 1.76 bits per heavy atom. The first-order valence-corrected chi connectivity index (χ1v) is 12.0. The summed E-state index contributed by atoms with van der Waals surface area (Å²) in [7, 11) is 0. The minimum absolute atomic E-state index is 0.103. The third-order valence-corrected chi connectivity index (χ3v) is 6.69. The molecule has 1 atom stereocenters. The van der Waals surface area contributed by atoms with Gasteiger partial charge in [-0.15, -0.1) is 11.3 Å². The van der Waals surface area contributed by atoms with Crippen molar-refractivity contribution in [1.29, 1.82) is 0 Å². The third kappa shape index (κ3) is 6.51. The number of hydrogen-bond acceptors (Lipinski definition) is 5. The molecule has 8 heteroatoms. The van der Waals surface area contributed by atoms with Gasteiger partial charge in [0.1, 0.15) is 6.54 Å². The maximum Gasteiger partial charge on any atom is 0.270 e. The zero-order valence-electron chi connectivity index (χ0n) is 19.6. The van der Waals surface area contributed by atoms with Crippen molar-refractivity contribution in [3.05, 3.63) is 97.7 Å². The number of hydrogen-bond donors (Lipinski definition) is 0. The Hall–Kier alpha value is -3.52. The van der Waals surface area contributed by atoms with Crippen LogP contribution >= 0.6 is 11.3 Å². The lowest BCUT2D eigenvalue weighted by atomic mass is 10.1. The molecule has 0 bridgehead atoms. The number of nitro groups is 1. The molecular weight excluding hydrogens is 450 g/mol. The van der Waals surface area contributed by atoms with Crippen molar-refractivity contribution in [3.63, 3.8) is 0 Å². The van der Waals surface area contributed by atoms with Crippen LogP contribution in [-0.4, -0.2) is 39.1 Å². The molecule has 0 fully saturated rings. The summed E-state index contributed by atoms with van der Waals surface area (Å²) in [6, 6.07) is 19.2. The molecule has 2 amide bonds. The second kappa shape index (κ2) is 11.6. The summed E-state index contributed by atoms with van der Waals surface area (Å²) < 4.78 is 0. The average Bonchev–Trinajstić information content (AvgIpc) is 3.26. The predicted molar refractivity (Wildman–Crippen MR) is 134 cm³/mol. The largest absolute Gasteiger partial charge is 0.332 e. The van der Waals surface area contributed by atoms with E-state index in [1.165, 1.54) is 28.0 Å². The van der Waals surface area contributed by atoms with Crippen molar-refractivity contribution in [2.45, 2.75) is 46.3 Å². The van der Waals surface area contributed by atoms with E-state index in [0.717, 1.165) is 10.4 Å². The Bertz CT molecular complexity index is 1150. The van der Waals surface area contributed by atoms with Crippen molar-refractivity contribution >= 4 is 28.8 Å². The van der Waals surface area contributed by atoms with Crippen LogP contribution in [0.2, 0.25) is 0 Å². The molecule has 0 saturated carbocycles. The number of nitrogens with zero attached hydrogens (tertiary/aromatic N) is 3. The van der Waals surface area contributed by atoms with Gasteiger partial charge in [0.25, 0.3) is 11.6 Å². The highest BCUT2D eigenvalue weighted by Gasteiger charge is 2.27. The van der Waals surface area contributed by atoms with Gasteiger partial charge in [-0.1, -0.05) is 43.3 Å². The van der Waals surface area contributed by atoms with E-state index in [-0.39, 0.29) is 29.7 Å². The molecule has 2 aromatic carbocycles. The monoisotopic (exact) mass is 479 g/mol. The lowest BCUT2D eigenvalue weighted by Crippen LogP contribution is -2.46. The molecule has 0 aliphatic heterocycles. The smallest absolute Gasteiger partial charge is 0.270 e. The van der Waals surface area contributed by atoms with E-state index in [1.54, 1.807) is 22.3 Å². The number of carbonyl (C=O) groups excluding carboxylic acids is 2. The maximum absolute atomic E-state index is 13.5. The summed E-state index contributed by atoms with van der Waals surface area (Å²) in [5.41, 5.74) is 1.05. The molecular formula is C26H29N3O4S. The van der Waals surface area contributed by atoms with Gasteiger partial charge in [-0.05, 0) is 44.0 Å². The molecule has 0 radical (unpaired) electrons. The Morgan fingerprint density at radius 3 is 2.38 bits per heavy atom. The van der Waals surface area contributed by atoms with E-state index in [0.29, 0.717) is 19.5 Å². The first kappa shape index (κ1) is 25.1. The fraction of sp³-hybridized carbons (Fsp3) is 0.308. The number of non-ortho nitro benzene ring substituents is 1. The van der Waals surface area contributed by atoms with Crippen molar-refractivity contribution < 1.29 is 14.5 Å². The Morgan fingerprint density at radius 1 is 1.03 bits per heavy atom. The predicted octanol–water partition coefficient (Wildman–Crippen LogP) is 5.43. The van der Waals surface area contributed by atoms with Crippen LogP contribution in [0.5, 0.6) is 0 Å². The summed E-state index contributed by atoms with van der Waals surface area (Å²) in [6.45, 7) is 6.63. The minimum atomic E-state index is -0.528. The molecule has 0 aliphatic rings. The van der Waals surface area contributed by atoms with Crippen molar-refractivity contribution in [2.75, 3.05) is 6.54 Å². The van der Waals surface area contributed by atoms with Crippen molar-refractivity contribution in [1.82, 2.24) is 9.80 Å². The third-order valence-electron chi connectivity index (χ3n) is 5.70. The number of carbonyl (C=O) groups is 2. The quantitative estimate of drug-likeness (QED) is 0.287. The standard InChI is InChI=1S/C26H29N3O4S/c1-4-19(2)28(26(31)22-11-8-12-23(15-22)29(32)33)18-25(30)27(16-21-9-6-5-7-10-21)17-24-14-13-20(3)34-24/h5-15,19H,4,16-18H2,1-3H3. The van der Waals surface area contributed by atoms with Crippen molar-refractivity contribution in [3.8, 4) is 0 Å². The Balaban J connectivity index is 1.86. The second-order valence-corrected chi connectivity index (χ2v) is 9.62. The van der Waals surface area contributed by atoms with Gasteiger partial charge in [-0.3, -0.25) is 19.7 Å². The topological polar surface area (TPSA) is 83.8 Å². The number of nitro benzene ring substituents is 1. The van der Waals surface area contributed by atoms with Gasteiger partial charge < -0.3 is 9.80 Å². The molecule has 178 valence electrons. The SMILES string of the molecule is CCC(C)N(CC(=O)N(Cc1ccccc1)Cc1ccc(C)s1)C(=O)c1cccc([N+](=O)[O-])c1. The molecule has 0 saturated heterocycles. The fourth-order valence-electron chi connectivity index (χ4n) is 3.61. The summed E-state index contributed by atoms with van der Waals surface area (Å²) in [5.74, 6) is -0.563. The van der Waals surface area contributed by atoms with E-state index in [4.69, 9.17) is 0 Å². The van der Waals surface area contributed by atoms with Crippen LogP contribution in [-0.2, 0) is 17.9 Å². The molecule has 1 unspecified atom stereocenters. The molecule has 0 spiro atoms. The Kier molecular flexibility index (Phi) is 8.54. The molecule has 3 aromatic rings. The Labute approximate surface area is 203 Å². The van der Waals surface area contributed by atoms with Crippen LogP contribution in [0.1, 0.15) is 45.9 Å². The lowest BCUT2D eigenvalue weighted by Gasteiger charge is -2.31. The van der Waals surface area contributed by atoms with Crippen LogP contribution in [0, 0.1) is 17.0 Å². The highest BCUT2D eigenvalue weighted by molar-refractivity contribution is 7.11. The number of rotatable bonds is 10. The van der Waals surface area contributed by atoms with E-state index in [1.807, 2.05) is 63.2 Å². The zero-order chi connectivity index (χ0) is 24.7. The minimum Gasteiger partial charge on any atom is -0.332 e. The van der Waals surface area contributed by atoms with E-state index >= 15 is 0 Å².